The largest absolute Gasteiger partial charge is 0.462 e. The summed E-state index contributed by atoms with van der Waals surface area (Å²) in [5, 5.41) is 3.58. The van der Waals surface area contributed by atoms with Gasteiger partial charge in [-0.15, -0.1) is 0 Å². The fraction of sp³-hybridized carbons (Fsp3) is 0.379. The minimum Gasteiger partial charge on any atom is -0.462 e. The average molecular weight is 519 g/mol. The fourth-order valence-electron chi connectivity index (χ4n) is 5.05. The highest BCUT2D eigenvalue weighted by molar-refractivity contribution is 6.30. The Labute approximate surface area is 221 Å². The van der Waals surface area contributed by atoms with Crippen LogP contribution in [0.4, 0.5) is 5.82 Å². The number of para-hydroxylation sites is 2. The molecule has 1 aliphatic rings. The van der Waals surface area contributed by atoms with Crippen LogP contribution in [0, 0.1) is 0 Å². The van der Waals surface area contributed by atoms with Crippen molar-refractivity contribution in [3.63, 3.8) is 0 Å². The number of esters is 1. The van der Waals surface area contributed by atoms with E-state index in [4.69, 9.17) is 26.3 Å². The number of aromatic nitrogens is 3. The van der Waals surface area contributed by atoms with E-state index in [1.165, 1.54) is 6.42 Å². The molecule has 0 unspecified atom stereocenters. The summed E-state index contributed by atoms with van der Waals surface area (Å²) in [7, 11) is 0. The van der Waals surface area contributed by atoms with Crippen molar-refractivity contribution in [2.24, 2.45) is 0 Å². The van der Waals surface area contributed by atoms with E-state index in [2.05, 4.69) is 12.2 Å². The lowest BCUT2D eigenvalue weighted by Gasteiger charge is -2.26. The number of nitrogens with zero attached hydrogens (tertiary/aromatic N) is 3. The number of nitrogens with one attached hydrogen (secondary N) is 1. The molecule has 0 radical (unpaired) electrons. The summed E-state index contributed by atoms with van der Waals surface area (Å²) < 4.78 is 7.72. The first kappa shape index (κ1) is 25.2. The molecule has 4 aromatic rings. The van der Waals surface area contributed by atoms with Gasteiger partial charge in [0, 0.05) is 16.6 Å². The van der Waals surface area contributed by atoms with Gasteiger partial charge in [0.15, 0.2) is 5.65 Å². The van der Waals surface area contributed by atoms with Gasteiger partial charge in [-0.1, -0.05) is 62.8 Å². The molecule has 0 atom stereocenters. The van der Waals surface area contributed by atoms with Crippen LogP contribution in [0.1, 0.15) is 85.0 Å². The van der Waals surface area contributed by atoms with Crippen molar-refractivity contribution < 1.29 is 14.3 Å². The van der Waals surface area contributed by atoms with Crippen LogP contribution in [0.15, 0.2) is 48.5 Å². The number of carbonyl (C=O) groups is 2. The molecule has 0 saturated heterocycles. The van der Waals surface area contributed by atoms with Gasteiger partial charge in [-0.3, -0.25) is 4.79 Å². The standard InChI is InChI=1S/C29H31ClN4O3/c1-2-3-9-18-37-29(36)24-25-27(32-23-13-8-7-12-22(23)31-25)34(21-10-5-4-6-11-21)26(24)33-28(35)19-14-16-20(30)17-15-19/h7-8,12-17,21H,2-6,9-11,18H2,1H3,(H,33,35). The number of rotatable bonds is 8. The van der Waals surface area contributed by atoms with Crippen molar-refractivity contribution in [2.45, 2.75) is 64.3 Å². The molecule has 0 aliphatic heterocycles. The maximum Gasteiger partial charge on any atom is 0.344 e. The lowest BCUT2D eigenvalue weighted by atomic mass is 9.95. The second-order valence-electron chi connectivity index (χ2n) is 9.57. The van der Waals surface area contributed by atoms with E-state index in [1.54, 1.807) is 24.3 Å². The molecular formula is C29H31ClN4O3. The minimum atomic E-state index is -0.494. The van der Waals surface area contributed by atoms with Crippen molar-refractivity contribution in [3.05, 3.63) is 64.7 Å². The number of hydrogen-bond donors (Lipinski definition) is 1. The summed E-state index contributed by atoms with van der Waals surface area (Å²) in [6, 6.07) is 14.4. The Morgan fingerprint density at radius 2 is 1.70 bits per heavy atom. The lowest BCUT2D eigenvalue weighted by molar-refractivity contribution is 0.0501. The Hall–Kier alpha value is -3.45. The van der Waals surface area contributed by atoms with Gasteiger partial charge in [-0.05, 0) is 55.7 Å². The minimum absolute atomic E-state index is 0.0915. The maximum absolute atomic E-state index is 13.6. The highest BCUT2D eigenvalue weighted by atomic mass is 35.5. The van der Waals surface area contributed by atoms with Crippen LogP contribution >= 0.6 is 11.6 Å². The number of halogens is 1. The Balaban J connectivity index is 1.67. The number of amides is 1. The normalized spacial score (nSPS) is 14.2. The first-order valence-corrected chi connectivity index (χ1v) is 13.5. The predicted octanol–water partition coefficient (Wildman–Crippen LogP) is 7.34. The topological polar surface area (TPSA) is 86.1 Å². The Kier molecular flexibility index (Phi) is 7.70. The summed E-state index contributed by atoms with van der Waals surface area (Å²) in [5.41, 5.74) is 3.18. The first-order valence-electron chi connectivity index (χ1n) is 13.1. The molecule has 0 bridgehead atoms. The number of hydrogen-bond acceptors (Lipinski definition) is 5. The second kappa shape index (κ2) is 11.3. The van der Waals surface area contributed by atoms with Gasteiger partial charge in [0.1, 0.15) is 16.9 Å². The van der Waals surface area contributed by atoms with Gasteiger partial charge in [0.25, 0.3) is 5.91 Å². The Bertz CT molecular complexity index is 1420. The van der Waals surface area contributed by atoms with Gasteiger partial charge < -0.3 is 14.6 Å². The predicted molar refractivity (Wildman–Crippen MR) is 146 cm³/mol. The average Bonchev–Trinajstić information content (AvgIpc) is 3.22. The number of benzene rings is 2. The number of carbonyl (C=O) groups excluding carboxylic acids is 2. The van der Waals surface area contributed by atoms with Crippen LogP contribution in [0.2, 0.25) is 5.02 Å². The molecular weight excluding hydrogens is 488 g/mol. The number of unbranched alkanes of at least 4 members (excludes halogenated alkanes) is 2. The molecule has 0 spiro atoms. The van der Waals surface area contributed by atoms with Crippen molar-refractivity contribution in [2.75, 3.05) is 11.9 Å². The molecule has 1 N–H and O–H groups in total. The quantitative estimate of drug-likeness (QED) is 0.195. The van der Waals surface area contributed by atoms with E-state index in [1.807, 2.05) is 28.8 Å². The molecule has 8 heteroatoms. The summed E-state index contributed by atoms with van der Waals surface area (Å²) in [4.78, 5) is 36.7. The van der Waals surface area contributed by atoms with E-state index in [-0.39, 0.29) is 17.5 Å². The van der Waals surface area contributed by atoms with Crippen molar-refractivity contribution in [1.82, 2.24) is 14.5 Å². The second-order valence-corrected chi connectivity index (χ2v) is 10.0. The molecule has 1 fully saturated rings. The molecule has 1 saturated carbocycles. The van der Waals surface area contributed by atoms with Crippen LogP contribution < -0.4 is 5.32 Å². The zero-order valence-electron chi connectivity index (χ0n) is 21.0. The molecule has 5 rings (SSSR count). The zero-order chi connectivity index (χ0) is 25.8. The van der Waals surface area contributed by atoms with Crippen LogP contribution in [-0.2, 0) is 4.74 Å². The van der Waals surface area contributed by atoms with Crippen LogP contribution in [0.5, 0.6) is 0 Å². The third-order valence-electron chi connectivity index (χ3n) is 6.96. The third-order valence-corrected chi connectivity index (χ3v) is 7.21. The third kappa shape index (κ3) is 5.32. The summed E-state index contributed by atoms with van der Waals surface area (Å²) >= 11 is 6.03. The van der Waals surface area contributed by atoms with E-state index in [9.17, 15) is 9.59 Å². The van der Waals surface area contributed by atoms with Crippen molar-refractivity contribution in [3.8, 4) is 0 Å². The molecule has 2 heterocycles. The SMILES string of the molecule is CCCCCOC(=O)c1c(NC(=O)c2ccc(Cl)cc2)n(C2CCCCC2)c2nc3ccccc3nc12. The van der Waals surface area contributed by atoms with E-state index >= 15 is 0 Å². The van der Waals surface area contributed by atoms with Gasteiger partial charge in [-0.2, -0.15) is 0 Å². The monoisotopic (exact) mass is 518 g/mol. The van der Waals surface area contributed by atoms with E-state index in [0.717, 1.165) is 50.5 Å². The fourth-order valence-corrected chi connectivity index (χ4v) is 5.17. The smallest absolute Gasteiger partial charge is 0.344 e. The summed E-state index contributed by atoms with van der Waals surface area (Å²) in [6.07, 6.45) is 7.98. The molecule has 192 valence electrons. The zero-order valence-corrected chi connectivity index (χ0v) is 21.8. The van der Waals surface area contributed by atoms with Gasteiger partial charge in [0.2, 0.25) is 0 Å². The van der Waals surface area contributed by atoms with E-state index in [0.29, 0.717) is 39.7 Å². The molecule has 1 aliphatic carbocycles. The van der Waals surface area contributed by atoms with Gasteiger partial charge in [0.05, 0.1) is 17.6 Å². The van der Waals surface area contributed by atoms with Crippen LogP contribution in [0.3, 0.4) is 0 Å². The van der Waals surface area contributed by atoms with Gasteiger partial charge in [-0.25, -0.2) is 14.8 Å². The maximum atomic E-state index is 13.6. The molecule has 7 nitrogen and oxygen atoms in total. The summed E-state index contributed by atoms with van der Waals surface area (Å²) in [6.45, 7) is 2.42. The Morgan fingerprint density at radius 1 is 1.00 bits per heavy atom. The highest BCUT2D eigenvalue weighted by Gasteiger charge is 2.31. The molecule has 2 aromatic carbocycles. The molecule has 37 heavy (non-hydrogen) atoms. The lowest BCUT2D eigenvalue weighted by Crippen LogP contribution is -2.21. The van der Waals surface area contributed by atoms with E-state index < -0.39 is 5.97 Å². The number of anilines is 1. The highest BCUT2D eigenvalue weighted by Crippen LogP contribution is 2.39. The number of ether oxygens (including phenoxy) is 1. The molecule has 1 amide bonds. The summed E-state index contributed by atoms with van der Waals surface area (Å²) in [5.74, 6) is -0.426. The first-order chi connectivity index (χ1) is 18.1. The van der Waals surface area contributed by atoms with Crippen molar-refractivity contribution in [1.29, 1.82) is 0 Å². The van der Waals surface area contributed by atoms with Crippen LogP contribution in [0.25, 0.3) is 22.2 Å². The Morgan fingerprint density at radius 3 is 2.41 bits per heavy atom. The number of fused-ring (bicyclic) bond motifs is 2. The van der Waals surface area contributed by atoms with Crippen LogP contribution in [-0.4, -0.2) is 33.0 Å². The van der Waals surface area contributed by atoms with Gasteiger partial charge >= 0.3 is 5.97 Å². The van der Waals surface area contributed by atoms with Crippen molar-refractivity contribution >= 4 is 51.5 Å². The molecule has 2 aromatic heterocycles.